The first-order chi connectivity index (χ1) is 9.11. The van der Waals surface area contributed by atoms with Crippen molar-refractivity contribution in [2.24, 2.45) is 0 Å². The highest BCUT2D eigenvalue weighted by molar-refractivity contribution is 5.94. The highest BCUT2D eigenvalue weighted by Crippen LogP contribution is 2.12. The number of hydrogen-bond acceptors (Lipinski definition) is 4. The highest BCUT2D eigenvalue weighted by atomic mass is 19.1. The molecule has 1 amide bonds. The Morgan fingerprint density at radius 1 is 1.37 bits per heavy atom. The van der Waals surface area contributed by atoms with Crippen molar-refractivity contribution in [2.45, 2.75) is 6.10 Å². The van der Waals surface area contributed by atoms with Crippen LogP contribution in [0.1, 0.15) is 10.4 Å². The molecule has 1 fully saturated rings. The summed E-state index contributed by atoms with van der Waals surface area (Å²) in [5.41, 5.74) is 0.381. The van der Waals surface area contributed by atoms with Gasteiger partial charge in [0, 0.05) is 12.1 Å². The smallest absolute Gasteiger partial charge is 0.336 e. The summed E-state index contributed by atoms with van der Waals surface area (Å²) in [6.45, 7) is 0.805. The number of methoxy groups -OCH3 is 1. The van der Waals surface area contributed by atoms with Gasteiger partial charge in [-0.2, -0.15) is 0 Å². The standard InChI is InChI=1S/C13H14FNO4/c1-18-13(17)11-8-15(6-7-19-11)12(16)9-2-4-10(14)5-3-9/h2-5,11H,6-8H2,1H3. The van der Waals surface area contributed by atoms with E-state index in [-0.39, 0.29) is 19.1 Å². The number of morpholine rings is 1. The summed E-state index contributed by atoms with van der Waals surface area (Å²) in [7, 11) is 1.27. The van der Waals surface area contributed by atoms with Crippen LogP contribution in [0.25, 0.3) is 0 Å². The summed E-state index contributed by atoms with van der Waals surface area (Å²) in [4.78, 5) is 25.0. The van der Waals surface area contributed by atoms with Gasteiger partial charge in [0.25, 0.3) is 5.91 Å². The van der Waals surface area contributed by atoms with E-state index in [0.29, 0.717) is 12.1 Å². The Hall–Kier alpha value is -1.95. The van der Waals surface area contributed by atoms with E-state index < -0.39 is 17.9 Å². The number of carbonyl (C=O) groups is 2. The van der Waals surface area contributed by atoms with Crippen LogP contribution in [0.2, 0.25) is 0 Å². The molecule has 1 atom stereocenters. The van der Waals surface area contributed by atoms with E-state index in [9.17, 15) is 14.0 Å². The van der Waals surface area contributed by atoms with Crippen molar-refractivity contribution in [3.05, 3.63) is 35.6 Å². The topological polar surface area (TPSA) is 55.8 Å². The van der Waals surface area contributed by atoms with Gasteiger partial charge in [-0.25, -0.2) is 9.18 Å². The van der Waals surface area contributed by atoms with Crippen LogP contribution in [0.5, 0.6) is 0 Å². The molecule has 1 aromatic rings. The summed E-state index contributed by atoms with van der Waals surface area (Å²) >= 11 is 0. The molecular formula is C13H14FNO4. The minimum Gasteiger partial charge on any atom is -0.467 e. The van der Waals surface area contributed by atoms with Crippen molar-refractivity contribution in [1.82, 2.24) is 4.90 Å². The molecule has 1 aliphatic rings. The van der Waals surface area contributed by atoms with Crippen LogP contribution >= 0.6 is 0 Å². The molecule has 0 N–H and O–H groups in total. The molecule has 5 nitrogen and oxygen atoms in total. The van der Waals surface area contributed by atoms with E-state index in [4.69, 9.17) is 4.74 Å². The van der Waals surface area contributed by atoms with Crippen molar-refractivity contribution in [2.75, 3.05) is 26.8 Å². The van der Waals surface area contributed by atoms with Gasteiger partial charge in [0.2, 0.25) is 0 Å². The molecule has 0 aliphatic carbocycles. The first kappa shape index (κ1) is 13.5. The monoisotopic (exact) mass is 267 g/mol. The number of rotatable bonds is 2. The van der Waals surface area contributed by atoms with Crippen molar-refractivity contribution < 1.29 is 23.5 Å². The number of ether oxygens (including phenoxy) is 2. The Bertz CT molecular complexity index is 474. The van der Waals surface area contributed by atoms with Gasteiger partial charge in [-0.3, -0.25) is 4.79 Å². The molecule has 6 heteroatoms. The van der Waals surface area contributed by atoms with E-state index in [1.165, 1.54) is 36.3 Å². The predicted molar refractivity (Wildman–Crippen MR) is 64.1 cm³/mol. The molecule has 1 heterocycles. The summed E-state index contributed by atoms with van der Waals surface area (Å²) in [6, 6.07) is 5.29. The lowest BCUT2D eigenvalue weighted by Crippen LogP contribution is -2.48. The van der Waals surface area contributed by atoms with Crippen LogP contribution in [-0.4, -0.2) is 49.7 Å². The number of nitrogens with zero attached hydrogens (tertiary/aromatic N) is 1. The lowest BCUT2D eigenvalue weighted by atomic mass is 10.1. The van der Waals surface area contributed by atoms with E-state index in [0.717, 1.165) is 0 Å². The first-order valence-corrected chi connectivity index (χ1v) is 5.86. The Morgan fingerprint density at radius 2 is 2.05 bits per heavy atom. The third-order valence-electron chi connectivity index (χ3n) is 2.91. The molecular weight excluding hydrogens is 253 g/mol. The van der Waals surface area contributed by atoms with Crippen LogP contribution in [-0.2, 0) is 14.3 Å². The lowest BCUT2D eigenvalue weighted by Gasteiger charge is -2.31. The van der Waals surface area contributed by atoms with E-state index in [1.807, 2.05) is 0 Å². The summed E-state index contributed by atoms with van der Waals surface area (Å²) < 4.78 is 22.6. The summed E-state index contributed by atoms with van der Waals surface area (Å²) in [5, 5.41) is 0. The number of halogens is 1. The van der Waals surface area contributed by atoms with Gasteiger partial charge < -0.3 is 14.4 Å². The molecule has 1 saturated heterocycles. The van der Waals surface area contributed by atoms with Crippen molar-refractivity contribution in [3.8, 4) is 0 Å². The third kappa shape index (κ3) is 3.08. The molecule has 0 saturated carbocycles. The van der Waals surface area contributed by atoms with E-state index in [1.54, 1.807) is 0 Å². The van der Waals surface area contributed by atoms with Gasteiger partial charge in [0.05, 0.1) is 20.3 Å². The Kier molecular flexibility index (Phi) is 4.11. The van der Waals surface area contributed by atoms with Gasteiger partial charge in [-0.1, -0.05) is 0 Å². The van der Waals surface area contributed by atoms with Crippen LogP contribution in [0.4, 0.5) is 4.39 Å². The average molecular weight is 267 g/mol. The van der Waals surface area contributed by atoms with Crippen LogP contribution < -0.4 is 0 Å². The molecule has 0 bridgehead atoms. The minimum absolute atomic E-state index is 0.142. The molecule has 2 rings (SSSR count). The van der Waals surface area contributed by atoms with Gasteiger partial charge in [0.15, 0.2) is 6.10 Å². The molecule has 1 unspecified atom stereocenters. The second-order valence-corrected chi connectivity index (χ2v) is 4.14. The molecule has 0 radical (unpaired) electrons. The number of esters is 1. The number of carbonyl (C=O) groups excluding carboxylic acids is 2. The van der Waals surface area contributed by atoms with Crippen molar-refractivity contribution in [3.63, 3.8) is 0 Å². The fourth-order valence-electron chi connectivity index (χ4n) is 1.88. The van der Waals surface area contributed by atoms with Crippen molar-refractivity contribution in [1.29, 1.82) is 0 Å². The van der Waals surface area contributed by atoms with Gasteiger partial charge in [-0.05, 0) is 24.3 Å². The maximum Gasteiger partial charge on any atom is 0.336 e. The predicted octanol–water partition coefficient (Wildman–Crippen LogP) is 0.840. The molecule has 102 valence electrons. The number of benzene rings is 1. The maximum atomic E-state index is 12.8. The first-order valence-electron chi connectivity index (χ1n) is 5.86. The Labute approximate surface area is 109 Å². The SMILES string of the molecule is COC(=O)C1CN(C(=O)c2ccc(F)cc2)CCO1. The molecule has 19 heavy (non-hydrogen) atoms. The third-order valence-corrected chi connectivity index (χ3v) is 2.91. The molecule has 0 aromatic heterocycles. The number of amides is 1. The molecule has 1 aromatic carbocycles. The van der Waals surface area contributed by atoms with Gasteiger partial charge in [0.1, 0.15) is 5.82 Å². The Balaban J connectivity index is 2.06. The normalized spacial score (nSPS) is 19.1. The van der Waals surface area contributed by atoms with Gasteiger partial charge >= 0.3 is 5.97 Å². The second kappa shape index (κ2) is 5.79. The van der Waals surface area contributed by atoms with E-state index >= 15 is 0 Å². The zero-order valence-corrected chi connectivity index (χ0v) is 10.5. The zero-order chi connectivity index (χ0) is 13.8. The van der Waals surface area contributed by atoms with Gasteiger partial charge in [-0.15, -0.1) is 0 Å². The average Bonchev–Trinajstić information content (AvgIpc) is 2.46. The van der Waals surface area contributed by atoms with Crippen LogP contribution in [0.3, 0.4) is 0 Å². The fourth-order valence-corrected chi connectivity index (χ4v) is 1.88. The van der Waals surface area contributed by atoms with Crippen LogP contribution in [0.15, 0.2) is 24.3 Å². The summed E-state index contributed by atoms with van der Waals surface area (Å²) in [6.07, 6.45) is -0.761. The maximum absolute atomic E-state index is 12.8. The highest BCUT2D eigenvalue weighted by Gasteiger charge is 2.30. The largest absolute Gasteiger partial charge is 0.467 e. The second-order valence-electron chi connectivity index (χ2n) is 4.14. The fraction of sp³-hybridized carbons (Fsp3) is 0.385. The Morgan fingerprint density at radius 3 is 2.68 bits per heavy atom. The quantitative estimate of drug-likeness (QED) is 0.745. The van der Waals surface area contributed by atoms with Crippen LogP contribution in [0, 0.1) is 5.82 Å². The summed E-state index contributed by atoms with van der Waals surface area (Å²) in [5.74, 6) is -1.15. The number of hydrogen-bond donors (Lipinski definition) is 0. The van der Waals surface area contributed by atoms with E-state index in [2.05, 4.69) is 4.74 Å². The van der Waals surface area contributed by atoms with Crippen molar-refractivity contribution >= 4 is 11.9 Å². The lowest BCUT2D eigenvalue weighted by molar-refractivity contribution is -0.158. The minimum atomic E-state index is -0.761. The molecule has 0 spiro atoms. The molecule has 1 aliphatic heterocycles. The zero-order valence-electron chi connectivity index (χ0n) is 10.5.